The van der Waals surface area contributed by atoms with Crippen LogP contribution in [0.2, 0.25) is 0 Å². The second kappa shape index (κ2) is 8.59. The van der Waals surface area contributed by atoms with E-state index in [4.69, 9.17) is 5.11 Å². The smallest absolute Gasteiger partial charge is 0.318 e. The van der Waals surface area contributed by atoms with Gasteiger partial charge in [-0.05, 0) is 25.1 Å². The number of carboxylic acids is 1. The summed E-state index contributed by atoms with van der Waals surface area (Å²) in [5.41, 5.74) is 0.460. The van der Waals surface area contributed by atoms with Gasteiger partial charge in [-0.2, -0.15) is 4.31 Å². The lowest BCUT2D eigenvalue weighted by Crippen LogP contribution is -2.43. The highest BCUT2D eigenvalue weighted by Gasteiger charge is 2.27. The molecule has 2 N–H and O–H groups in total. The predicted molar refractivity (Wildman–Crippen MR) is 98.1 cm³/mol. The van der Waals surface area contributed by atoms with E-state index in [0.717, 1.165) is 11.6 Å². The Balaban J connectivity index is 2.21. The first-order chi connectivity index (χ1) is 13.1. The second-order valence-corrected chi connectivity index (χ2v) is 7.73. The van der Waals surface area contributed by atoms with Crippen molar-refractivity contribution in [3.8, 4) is 0 Å². The third-order valence-corrected chi connectivity index (χ3v) is 5.51. The van der Waals surface area contributed by atoms with Crippen molar-refractivity contribution in [3.63, 3.8) is 0 Å². The molecule has 1 amide bonds. The van der Waals surface area contributed by atoms with E-state index in [9.17, 15) is 28.1 Å². The van der Waals surface area contributed by atoms with Crippen LogP contribution in [0.15, 0.2) is 53.4 Å². The van der Waals surface area contributed by atoms with Gasteiger partial charge in [-0.1, -0.05) is 23.8 Å². The summed E-state index contributed by atoms with van der Waals surface area (Å²) >= 11 is 0. The third-order valence-electron chi connectivity index (χ3n) is 3.71. The minimum atomic E-state index is -4.18. The Bertz CT molecular complexity index is 1000. The molecule has 0 aromatic heterocycles. The molecule has 0 spiro atoms. The van der Waals surface area contributed by atoms with Crippen LogP contribution < -0.4 is 5.32 Å². The number of nitrogens with zero attached hydrogens (tertiary/aromatic N) is 2. The average Bonchev–Trinajstić information content (AvgIpc) is 2.64. The topological polar surface area (TPSA) is 147 Å². The molecule has 2 aromatic rings. The molecule has 0 aliphatic carbocycles. The molecule has 2 aromatic carbocycles. The Morgan fingerprint density at radius 1 is 1.18 bits per heavy atom. The number of non-ortho nitro benzene ring substituents is 1. The SMILES string of the molecule is Cc1ccc(S(=O)(=O)N(CNC(=O)c2cccc([N+](=O)[O-])c2)CC(=O)O)cc1. The van der Waals surface area contributed by atoms with Crippen molar-refractivity contribution in [1.82, 2.24) is 9.62 Å². The van der Waals surface area contributed by atoms with Crippen molar-refractivity contribution in [2.75, 3.05) is 13.2 Å². The molecule has 0 fully saturated rings. The lowest BCUT2D eigenvalue weighted by atomic mass is 10.2. The van der Waals surface area contributed by atoms with Crippen LogP contribution in [-0.4, -0.2) is 47.8 Å². The number of amides is 1. The van der Waals surface area contributed by atoms with Gasteiger partial charge in [-0.15, -0.1) is 0 Å². The van der Waals surface area contributed by atoms with Crippen molar-refractivity contribution < 1.29 is 28.0 Å². The molecule has 11 heteroatoms. The zero-order valence-electron chi connectivity index (χ0n) is 14.7. The fourth-order valence-electron chi connectivity index (χ4n) is 2.26. The number of sulfonamides is 1. The van der Waals surface area contributed by atoms with Crippen LogP contribution in [0.3, 0.4) is 0 Å². The van der Waals surface area contributed by atoms with Gasteiger partial charge in [0.2, 0.25) is 10.0 Å². The number of aryl methyl sites for hydroxylation is 1. The maximum absolute atomic E-state index is 12.7. The molecule has 0 aliphatic heterocycles. The largest absolute Gasteiger partial charge is 0.480 e. The number of carbonyl (C=O) groups is 2. The summed E-state index contributed by atoms with van der Waals surface area (Å²) < 4.78 is 26.0. The number of rotatable bonds is 8. The number of nitro benzene ring substituents is 1. The van der Waals surface area contributed by atoms with Gasteiger partial charge in [0.25, 0.3) is 11.6 Å². The van der Waals surface area contributed by atoms with Gasteiger partial charge in [0.1, 0.15) is 6.54 Å². The molecule has 0 saturated heterocycles. The molecule has 28 heavy (non-hydrogen) atoms. The highest BCUT2D eigenvalue weighted by Crippen LogP contribution is 2.16. The van der Waals surface area contributed by atoms with Gasteiger partial charge < -0.3 is 10.4 Å². The Hall–Kier alpha value is -3.31. The van der Waals surface area contributed by atoms with Gasteiger partial charge in [0.15, 0.2) is 0 Å². The molecule has 0 heterocycles. The fourth-order valence-corrected chi connectivity index (χ4v) is 3.55. The van der Waals surface area contributed by atoms with E-state index in [-0.39, 0.29) is 16.1 Å². The number of benzene rings is 2. The van der Waals surface area contributed by atoms with Crippen LogP contribution in [0, 0.1) is 17.0 Å². The van der Waals surface area contributed by atoms with Gasteiger partial charge in [-0.25, -0.2) is 8.42 Å². The average molecular weight is 407 g/mol. The van der Waals surface area contributed by atoms with Crippen LogP contribution in [0.25, 0.3) is 0 Å². The first-order valence-electron chi connectivity index (χ1n) is 7.92. The van der Waals surface area contributed by atoms with Gasteiger partial charge >= 0.3 is 5.97 Å². The molecule has 0 bridgehead atoms. The number of hydrogen-bond donors (Lipinski definition) is 2. The zero-order valence-corrected chi connectivity index (χ0v) is 15.5. The summed E-state index contributed by atoms with van der Waals surface area (Å²) in [6, 6.07) is 10.7. The van der Waals surface area contributed by atoms with E-state index >= 15 is 0 Å². The molecule has 10 nitrogen and oxygen atoms in total. The highest BCUT2D eigenvalue weighted by molar-refractivity contribution is 7.89. The predicted octanol–water partition coefficient (Wildman–Crippen LogP) is 1.37. The Kier molecular flexibility index (Phi) is 6.44. The van der Waals surface area contributed by atoms with Crippen LogP contribution in [0.5, 0.6) is 0 Å². The molecule has 0 saturated carbocycles. The second-order valence-electron chi connectivity index (χ2n) is 5.79. The molecular formula is C17H17N3O7S. The van der Waals surface area contributed by atoms with E-state index in [2.05, 4.69) is 5.32 Å². The monoisotopic (exact) mass is 407 g/mol. The number of nitrogens with one attached hydrogen (secondary N) is 1. The van der Waals surface area contributed by atoms with Gasteiger partial charge in [0, 0.05) is 17.7 Å². The molecule has 0 unspecified atom stereocenters. The maximum Gasteiger partial charge on any atom is 0.318 e. The van der Waals surface area contributed by atoms with Gasteiger partial charge in [0.05, 0.1) is 16.5 Å². The minimum Gasteiger partial charge on any atom is -0.480 e. The van der Waals surface area contributed by atoms with Crippen molar-refractivity contribution in [3.05, 3.63) is 69.8 Å². The summed E-state index contributed by atoms with van der Waals surface area (Å²) in [4.78, 5) is 33.3. The molecular weight excluding hydrogens is 390 g/mol. The number of hydrogen-bond acceptors (Lipinski definition) is 6. The Labute approximate surface area is 160 Å². The Morgan fingerprint density at radius 2 is 1.82 bits per heavy atom. The standard InChI is InChI=1S/C17H17N3O7S/c1-12-5-7-15(8-6-12)28(26,27)19(10-16(21)22)11-18-17(23)13-3-2-4-14(9-13)20(24)25/h2-9H,10-11H2,1H3,(H,18,23)(H,21,22). The summed E-state index contributed by atoms with van der Waals surface area (Å²) in [6.07, 6.45) is 0. The van der Waals surface area contributed by atoms with E-state index < -0.39 is 40.0 Å². The number of nitro groups is 1. The third kappa shape index (κ3) is 5.11. The number of aliphatic carboxylic acids is 1. The number of carbonyl (C=O) groups excluding carboxylic acids is 1. The molecule has 0 atom stereocenters. The van der Waals surface area contributed by atoms with Crippen LogP contribution >= 0.6 is 0 Å². The van der Waals surface area contributed by atoms with E-state index in [1.807, 2.05) is 0 Å². The van der Waals surface area contributed by atoms with Crippen LogP contribution in [0.4, 0.5) is 5.69 Å². The van der Waals surface area contributed by atoms with E-state index in [1.165, 1.54) is 30.3 Å². The van der Waals surface area contributed by atoms with Crippen molar-refractivity contribution in [1.29, 1.82) is 0 Å². The summed E-state index contributed by atoms with van der Waals surface area (Å²) in [5.74, 6) is -2.18. The van der Waals surface area contributed by atoms with Crippen LogP contribution in [0.1, 0.15) is 15.9 Å². The molecule has 0 radical (unpaired) electrons. The fraction of sp³-hybridized carbons (Fsp3) is 0.176. The summed E-state index contributed by atoms with van der Waals surface area (Å²) in [5, 5.41) is 22.1. The van der Waals surface area contributed by atoms with Crippen molar-refractivity contribution in [2.45, 2.75) is 11.8 Å². The van der Waals surface area contributed by atoms with E-state index in [0.29, 0.717) is 4.31 Å². The lowest BCUT2D eigenvalue weighted by Gasteiger charge is -2.21. The normalized spacial score (nSPS) is 11.2. The minimum absolute atomic E-state index is 0.0581. The van der Waals surface area contributed by atoms with Gasteiger partial charge in [-0.3, -0.25) is 19.7 Å². The molecule has 0 aliphatic rings. The first-order valence-corrected chi connectivity index (χ1v) is 9.36. The van der Waals surface area contributed by atoms with Crippen molar-refractivity contribution in [2.24, 2.45) is 0 Å². The van der Waals surface area contributed by atoms with Crippen LogP contribution in [-0.2, 0) is 14.8 Å². The quantitative estimate of drug-likeness (QED) is 0.381. The molecule has 148 valence electrons. The zero-order chi connectivity index (χ0) is 20.9. The highest BCUT2D eigenvalue weighted by atomic mass is 32.2. The molecule has 2 rings (SSSR count). The first kappa shape index (κ1) is 21.0. The van der Waals surface area contributed by atoms with E-state index in [1.54, 1.807) is 19.1 Å². The Morgan fingerprint density at radius 3 is 2.39 bits per heavy atom. The lowest BCUT2D eigenvalue weighted by molar-refractivity contribution is -0.384. The maximum atomic E-state index is 12.7. The summed E-state index contributed by atoms with van der Waals surface area (Å²) in [7, 11) is -4.18. The number of carboxylic acid groups (broad SMARTS) is 1. The van der Waals surface area contributed by atoms with Crippen molar-refractivity contribution >= 4 is 27.6 Å². The summed E-state index contributed by atoms with van der Waals surface area (Å²) in [6.45, 7) is 0.278.